The number of hydrogen-bond acceptors (Lipinski definition) is 2. The molecule has 1 aromatic rings. The highest BCUT2D eigenvalue weighted by atomic mass is 16.5. The molecule has 2 heteroatoms. The highest BCUT2D eigenvalue weighted by molar-refractivity contribution is 5.71. The molecule has 1 rings (SSSR count). The molecule has 0 saturated heterocycles. The Morgan fingerprint density at radius 1 is 1.19 bits per heavy atom. The lowest BCUT2D eigenvalue weighted by molar-refractivity contribution is -0.147. The molecule has 0 heterocycles. The molecule has 0 fully saturated rings. The Hall–Kier alpha value is -1.57. The Bertz CT molecular complexity index is 519. The number of esters is 1. The average molecular weight is 288 g/mol. The number of carbonyl (C=O) groups excluding carboxylic acids is 1. The summed E-state index contributed by atoms with van der Waals surface area (Å²) >= 11 is 0. The van der Waals surface area contributed by atoms with E-state index in [1.54, 1.807) is 0 Å². The number of allylic oxidation sites excluding steroid dienone is 1. The molecule has 0 atom stereocenters. The van der Waals surface area contributed by atoms with Crippen LogP contribution in [0.25, 0.3) is 5.57 Å². The molecule has 0 radical (unpaired) electrons. The van der Waals surface area contributed by atoms with Crippen LogP contribution in [0.5, 0.6) is 0 Å². The van der Waals surface area contributed by atoms with Gasteiger partial charge in [-0.25, -0.2) is 0 Å². The number of ether oxygens (including phenoxy) is 1. The monoisotopic (exact) mass is 288 g/mol. The molecule has 0 aliphatic heterocycles. The van der Waals surface area contributed by atoms with Crippen molar-refractivity contribution in [2.45, 2.75) is 53.4 Å². The van der Waals surface area contributed by atoms with Gasteiger partial charge < -0.3 is 4.74 Å². The van der Waals surface area contributed by atoms with E-state index >= 15 is 0 Å². The Kier molecular flexibility index (Phi) is 5.38. The van der Waals surface area contributed by atoms with Crippen LogP contribution >= 0.6 is 0 Å². The third-order valence-electron chi connectivity index (χ3n) is 3.39. The zero-order chi connectivity index (χ0) is 16.3. The van der Waals surface area contributed by atoms with Gasteiger partial charge in [0.2, 0.25) is 0 Å². The number of rotatable bonds is 5. The van der Waals surface area contributed by atoms with E-state index in [0.717, 1.165) is 16.7 Å². The number of benzene rings is 1. The second kappa shape index (κ2) is 6.46. The lowest BCUT2D eigenvalue weighted by Crippen LogP contribution is -2.26. The van der Waals surface area contributed by atoms with Crippen molar-refractivity contribution in [3.8, 4) is 0 Å². The SMILES string of the molecule is C=C(C)c1cccc(C(C)(C)CC(=O)OCC(C)(C)C)c1. The smallest absolute Gasteiger partial charge is 0.306 e. The van der Waals surface area contributed by atoms with E-state index in [9.17, 15) is 4.79 Å². The van der Waals surface area contributed by atoms with Gasteiger partial charge in [-0.1, -0.05) is 71.0 Å². The van der Waals surface area contributed by atoms with Crippen molar-refractivity contribution in [2.75, 3.05) is 6.61 Å². The lowest BCUT2D eigenvalue weighted by Gasteiger charge is -2.26. The fourth-order valence-electron chi connectivity index (χ4n) is 2.02. The van der Waals surface area contributed by atoms with E-state index in [2.05, 4.69) is 53.3 Å². The lowest BCUT2D eigenvalue weighted by atomic mass is 9.80. The van der Waals surface area contributed by atoms with Crippen LogP contribution in [0.1, 0.15) is 59.1 Å². The molecule has 116 valence electrons. The van der Waals surface area contributed by atoms with Gasteiger partial charge in [0.1, 0.15) is 0 Å². The van der Waals surface area contributed by atoms with Crippen LogP contribution in [0.4, 0.5) is 0 Å². The highest BCUT2D eigenvalue weighted by Crippen LogP contribution is 2.29. The van der Waals surface area contributed by atoms with Crippen LogP contribution in [0.3, 0.4) is 0 Å². The van der Waals surface area contributed by atoms with E-state index in [1.807, 2.05) is 19.1 Å². The molecule has 0 aromatic heterocycles. The standard InChI is InChI=1S/C19H28O2/c1-14(2)15-9-8-10-16(11-15)19(6,7)12-17(20)21-13-18(3,4)5/h8-11H,1,12-13H2,2-7H3. The zero-order valence-corrected chi connectivity index (χ0v) is 14.2. The quantitative estimate of drug-likeness (QED) is 0.714. The molecule has 0 spiro atoms. The normalized spacial score (nSPS) is 12.1. The predicted octanol–water partition coefficient (Wildman–Crippen LogP) is 4.98. The van der Waals surface area contributed by atoms with Gasteiger partial charge in [0, 0.05) is 5.41 Å². The van der Waals surface area contributed by atoms with Gasteiger partial charge in [-0.05, 0) is 23.5 Å². The van der Waals surface area contributed by atoms with Crippen molar-refractivity contribution in [1.82, 2.24) is 0 Å². The van der Waals surface area contributed by atoms with Gasteiger partial charge in [-0.2, -0.15) is 0 Å². The van der Waals surface area contributed by atoms with Gasteiger partial charge in [0.15, 0.2) is 0 Å². The number of carbonyl (C=O) groups is 1. The summed E-state index contributed by atoms with van der Waals surface area (Å²) in [5.41, 5.74) is 3.03. The minimum Gasteiger partial charge on any atom is -0.465 e. The maximum Gasteiger partial charge on any atom is 0.306 e. The first kappa shape index (κ1) is 17.5. The zero-order valence-electron chi connectivity index (χ0n) is 14.2. The fourth-order valence-corrected chi connectivity index (χ4v) is 2.02. The van der Waals surface area contributed by atoms with Crippen LogP contribution < -0.4 is 0 Å². The maximum absolute atomic E-state index is 12.1. The second-order valence-corrected chi connectivity index (χ2v) is 7.64. The molecule has 0 N–H and O–H groups in total. The molecular weight excluding hydrogens is 260 g/mol. The molecule has 0 aliphatic rings. The first-order valence-electron chi connectivity index (χ1n) is 7.43. The van der Waals surface area contributed by atoms with Gasteiger partial charge >= 0.3 is 5.97 Å². The Labute approximate surface area is 129 Å². The van der Waals surface area contributed by atoms with Crippen molar-refractivity contribution in [2.24, 2.45) is 5.41 Å². The van der Waals surface area contributed by atoms with Crippen LogP contribution in [-0.4, -0.2) is 12.6 Å². The minimum absolute atomic E-state index is 0.000326. The van der Waals surface area contributed by atoms with Crippen molar-refractivity contribution in [3.63, 3.8) is 0 Å². The molecule has 1 aromatic carbocycles. The fraction of sp³-hybridized carbons (Fsp3) is 0.526. The minimum atomic E-state index is -0.250. The molecule has 0 aliphatic carbocycles. The van der Waals surface area contributed by atoms with E-state index in [-0.39, 0.29) is 16.8 Å². The Morgan fingerprint density at radius 3 is 2.33 bits per heavy atom. The van der Waals surface area contributed by atoms with Crippen LogP contribution in [0.2, 0.25) is 0 Å². The van der Waals surface area contributed by atoms with Gasteiger partial charge in [-0.15, -0.1) is 0 Å². The van der Waals surface area contributed by atoms with Gasteiger partial charge in [-0.3, -0.25) is 4.79 Å². The third kappa shape index (κ3) is 5.74. The van der Waals surface area contributed by atoms with Crippen molar-refractivity contribution in [3.05, 3.63) is 42.0 Å². The molecule has 0 saturated carbocycles. The predicted molar refractivity (Wildman–Crippen MR) is 89.2 cm³/mol. The van der Waals surface area contributed by atoms with Crippen LogP contribution in [0.15, 0.2) is 30.8 Å². The molecule has 0 bridgehead atoms. The molecular formula is C19H28O2. The summed E-state index contributed by atoms with van der Waals surface area (Å²) in [5.74, 6) is -0.143. The summed E-state index contributed by atoms with van der Waals surface area (Å²) in [4.78, 5) is 12.1. The van der Waals surface area contributed by atoms with Gasteiger partial charge in [0.25, 0.3) is 0 Å². The first-order valence-corrected chi connectivity index (χ1v) is 7.43. The Balaban J connectivity index is 2.79. The molecule has 21 heavy (non-hydrogen) atoms. The first-order chi connectivity index (χ1) is 9.51. The summed E-state index contributed by atoms with van der Waals surface area (Å²) in [6.07, 6.45) is 0.378. The summed E-state index contributed by atoms with van der Waals surface area (Å²) < 4.78 is 5.39. The average Bonchev–Trinajstić information content (AvgIpc) is 2.35. The van der Waals surface area contributed by atoms with Crippen LogP contribution in [0, 0.1) is 5.41 Å². The van der Waals surface area contributed by atoms with Gasteiger partial charge in [0.05, 0.1) is 13.0 Å². The van der Waals surface area contributed by atoms with E-state index in [1.165, 1.54) is 0 Å². The van der Waals surface area contributed by atoms with E-state index in [4.69, 9.17) is 4.74 Å². The second-order valence-electron chi connectivity index (χ2n) is 7.64. The van der Waals surface area contributed by atoms with Crippen molar-refractivity contribution < 1.29 is 9.53 Å². The molecule has 2 nitrogen and oxygen atoms in total. The van der Waals surface area contributed by atoms with E-state index < -0.39 is 0 Å². The molecule has 0 amide bonds. The Morgan fingerprint density at radius 2 is 1.81 bits per heavy atom. The van der Waals surface area contributed by atoms with E-state index in [0.29, 0.717) is 13.0 Å². The number of hydrogen-bond donors (Lipinski definition) is 0. The van der Waals surface area contributed by atoms with Crippen molar-refractivity contribution in [1.29, 1.82) is 0 Å². The summed E-state index contributed by atoms with van der Waals surface area (Å²) in [5, 5.41) is 0. The third-order valence-corrected chi connectivity index (χ3v) is 3.39. The summed E-state index contributed by atoms with van der Waals surface area (Å²) in [6, 6.07) is 8.23. The largest absolute Gasteiger partial charge is 0.465 e. The maximum atomic E-state index is 12.1. The topological polar surface area (TPSA) is 26.3 Å². The summed E-state index contributed by atoms with van der Waals surface area (Å²) in [6.45, 7) is 16.7. The van der Waals surface area contributed by atoms with Crippen molar-refractivity contribution >= 4 is 11.5 Å². The summed E-state index contributed by atoms with van der Waals surface area (Å²) in [7, 11) is 0. The van der Waals surface area contributed by atoms with Crippen LogP contribution in [-0.2, 0) is 14.9 Å². The molecule has 0 unspecified atom stereocenters. The highest BCUT2D eigenvalue weighted by Gasteiger charge is 2.26.